The van der Waals surface area contributed by atoms with E-state index in [-0.39, 0.29) is 24.8 Å². The van der Waals surface area contributed by atoms with E-state index in [1.165, 1.54) is 12.1 Å². The fraction of sp³-hybridized carbons (Fsp3) is 0.538. The Hall–Kier alpha value is -0.280. The maximum atomic E-state index is 2.46. The van der Waals surface area contributed by atoms with Gasteiger partial charge in [0, 0.05) is 25.2 Å². The van der Waals surface area contributed by atoms with Crippen LogP contribution in [0.1, 0.15) is 18.5 Å². The van der Waals surface area contributed by atoms with E-state index in [4.69, 9.17) is 0 Å². The van der Waals surface area contributed by atoms with Crippen molar-refractivity contribution in [3.8, 4) is 0 Å². The molecule has 0 radical (unpaired) electrons. The quantitative estimate of drug-likeness (QED) is 0.779. The van der Waals surface area contributed by atoms with E-state index in [2.05, 4.69) is 61.2 Å². The van der Waals surface area contributed by atoms with Crippen molar-refractivity contribution in [2.45, 2.75) is 19.0 Å². The highest BCUT2D eigenvalue weighted by Gasteiger charge is 2.30. The first-order valence-electron chi connectivity index (χ1n) is 5.65. The van der Waals surface area contributed by atoms with Crippen molar-refractivity contribution in [2.75, 3.05) is 27.2 Å². The van der Waals surface area contributed by atoms with Crippen LogP contribution in [0.25, 0.3) is 0 Å². The Morgan fingerprint density at radius 3 is 2.06 bits per heavy atom. The molecule has 0 amide bonds. The largest absolute Gasteiger partial charge is 0.301 e. The van der Waals surface area contributed by atoms with Crippen LogP contribution in [0.5, 0.6) is 0 Å². The molecule has 2 rings (SSSR count). The molecule has 0 N–H and O–H groups in total. The molecular weight excluding hydrogens is 255 g/mol. The van der Waals surface area contributed by atoms with Gasteiger partial charge in [-0.25, -0.2) is 0 Å². The van der Waals surface area contributed by atoms with Crippen molar-refractivity contribution in [2.24, 2.45) is 0 Å². The van der Waals surface area contributed by atoms with E-state index in [0.29, 0.717) is 12.1 Å². The molecule has 1 fully saturated rings. The SMILES string of the molecule is CC1C(c2ccccc2)N(C)CCN1C.Cl.Cl. The van der Waals surface area contributed by atoms with Gasteiger partial charge in [-0.05, 0) is 26.6 Å². The Balaban J connectivity index is 0.00000128. The van der Waals surface area contributed by atoms with E-state index < -0.39 is 0 Å². The lowest BCUT2D eigenvalue weighted by atomic mass is 9.96. The van der Waals surface area contributed by atoms with Gasteiger partial charge in [0.15, 0.2) is 0 Å². The predicted molar refractivity (Wildman–Crippen MR) is 78.4 cm³/mol. The summed E-state index contributed by atoms with van der Waals surface area (Å²) in [4.78, 5) is 4.90. The van der Waals surface area contributed by atoms with Crippen LogP contribution in [-0.2, 0) is 0 Å². The van der Waals surface area contributed by atoms with Gasteiger partial charge in [-0.2, -0.15) is 0 Å². The van der Waals surface area contributed by atoms with Crippen LogP contribution >= 0.6 is 24.8 Å². The number of halogens is 2. The second-order valence-corrected chi connectivity index (χ2v) is 4.56. The average molecular weight is 277 g/mol. The molecule has 0 bridgehead atoms. The van der Waals surface area contributed by atoms with E-state index in [9.17, 15) is 0 Å². The molecule has 0 saturated carbocycles. The van der Waals surface area contributed by atoms with Gasteiger partial charge in [-0.3, -0.25) is 4.90 Å². The van der Waals surface area contributed by atoms with E-state index in [0.717, 1.165) is 6.54 Å². The van der Waals surface area contributed by atoms with Gasteiger partial charge in [0.1, 0.15) is 0 Å². The van der Waals surface area contributed by atoms with Crippen molar-refractivity contribution in [3.63, 3.8) is 0 Å². The molecule has 1 heterocycles. The van der Waals surface area contributed by atoms with Crippen molar-refractivity contribution in [1.29, 1.82) is 0 Å². The molecule has 98 valence electrons. The number of piperazine rings is 1. The molecule has 1 aromatic carbocycles. The molecular formula is C13H22Cl2N2. The fourth-order valence-electron chi connectivity index (χ4n) is 2.45. The second kappa shape index (κ2) is 7.22. The monoisotopic (exact) mass is 276 g/mol. The van der Waals surface area contributed by atoms with Gasteiger partial charge in [0.2, 0.25) is 0 Å². The summed E-state index contributed by atoms with van der Waals surface area (Å²) in [5, 5.41) is 0. The number of hydrogen-bond donors (Lipinski definition) is 0. The van der Waals surface area contributed by atoms with Crippen LogP contribution in [0.2, 0.25) is 0 Å². The maximum absolute atomic E-state index is 2.46. The zero-order valence-electron chi connectivity index (χ0n) is 10.7. The van der Waals surface area contributed by atoms with Gasteiger partial charge >= 0.3 is 0 Å². The fourth-order valence-corrected chi connectivity index (χ4v) is 2.45. The Labute approximate surface area is 117 Å². The minimum atomic E-state index is 0. The lowest BCUT2D eigenvalue weighted by Crippen LogP contribution is -2.50. The summed E-state index contributed by atoms with van der Waals surface area (Å²) in [6.45, 7) is 4.63. The Morgan fingerprint density at radius 2 is 1.47 bits per heavy atom. The van der Waals surface area contributed by atoms with Crippen LogP contribution < -0.4 is 0 Å². The standard InChI is InChI=1S/C13H20N2.2ClH/c1-11-13(12-7-5-4-6-8-12)15(3)10-9-14(11)2;;/h4-8,11,13H,9-10H2,1-3H3;2*1H. The highest BCUT2D eigenvalue weighted by atomic mass is 35.5. The maximum Gasteiger partial charge on any atom is 0.0498 e. The number of rotatable bonds is 1. The highest BCUT2D eigenvalue weighted by molar-refractivity contribution is 5.85. The summed E-state index contributed by atoms with van der Waals surface area (Å²) >= 11 is 0. The summed E-state index contributed by atoms with van der Waals surface area (Å²) in [5.74, 6) is 0. The molecule has 4 heteroatoms. The van der Waals surface area contributed by atoms with Crippen LogP contribution in [0.15, 0.2) is 30.3 Å². The molecule has 1 aliphatic rings. The normalized spacial score (nSPS) is 25.8. The first-order valence-corrected chi connectivity index (χ1v) is 5.65. The number of hydrogen-bond acceptors (Lipinski definition) is 2. The molecule has 17 heavy (non-hydrogen) atoms. The van der Waals surface area contributed by atoms with Crippen molar-refractivity contribution < 1.29 is 0 Å². The molecule has 2 nitrogen and oxygen atoms in total. The number of likely N-dealkylation sites (N-methyl/N-ethyl adjacent to an activating group) is 2. The Bertz CT molecular complexity index is 318. The lowest BCUT2D eigenvalue weighted by Gasteiger charge is -2.43. The number of benzene rings is 1. The van der Waals surface area contributed by atoms with Crippen LogP contribution in [0, 0.1) is 0 Å². The minimum Gasteiger partial charge on any atom is -0.301 e. The van der Waals surface area contributed by atoms with Gasteiger partial charge in [-0.15, -0.1) is 24.8 Å². The predicted octanol–water partition coefficient (Wildman–Crippen LogP) is 2.84. The van der Waals surface area contributed by atoms with Crippen molar-refractivity contribution >= 4 is 24.8 Å². The molecule has 0 aliphatic carbocycles. The summed E-state index contributed by atoms with van der Waals surface area (Å²) in [7, 11) is 4.44. The van der Waals surface area contributed by atoms with Gasteiger partial charge < -0.3 is 4.90 Å². The zero-order chi connectivity index (χ0) is 10.8. The van der Waals surface area contributed by atoms with Crippen molar-refractivity contribution in [3.05, 3.63) is 35.9 Å². The van der Waals surface area contributed by atoms with E-state index in [1.807, 2.05) is 0 Å². The van der Waals surface area contributed by atoms with Gasteiger partial charge in [-0.1, -0.05) is 30.3 Å². The molecule has 1 saturated heterocycles. The second-order valence-electron chi connectivity index (χ2n) is 4.56. The summed E-state index contributed by atoms with van der Waals surface area (Å²) in [6.07, 6.45) is 0. The first kappa shape index (κ1) is 16.7. The zero-order valence-corrected chi connectivity index (χ0v) is 12.3. The molecule has 1 aromatic rings. The Kier molecular flexibility index (Phi) is 7.10. The van der Waals surface area contributed by atoms with Gasteiger partial charge in [0.25, 0.3) is 0 Å². The molecule has 0 aromatic heterocycles. The van der Waals surface area contributed by atoms with Crippen LogP contribution in [0.3, 0.4) is 0 Å². The smallest absolute Gasteiger partial charge is 0.0498 e. The molecule has 2 atom stereocenters. The summed E-state index contributed by atoms with van der Waals surface area (Å²) < 4.78 is 0. The van der Waals surface area contributed by atoms with Crippen LogP contribution in [-0.4, -0.2) is 43.0 Å². The lowest BCUT2D eigenvalue weighted by molar-refractivity contribution is 0.0617. The van der Waals surface area contributed by atoms with E-state index in [1.54, 1.807) is 0 Å². The third kappa shape index (κ3) is 3.59. The third-order valence-corrected chi connectivity index (χ3v) is 3.57. The highest BCUT2D eigenvalue weighted by Crippen LogP contribution is 2.28. The Morgan fingerprint density at radius 1 is 0.941 bits per heavy atom. The molecule has 0 spiro atoms. The number of nitrogens with zero attached hydrogens (tertiary/aromatic N) is 2. The van der Waals surface area contributed by atoms with Gasteiger partial charge in [0.05, 0.1) is 0 Å². The summed E-state index contributed by atoms with van der Waals surface area (Å²) in [6, 6.07) is 11.9. The first-order chi connectivity index (χ1) is 7.20. The van der Waals surface area contributed by atoms with Crippen LogP contribution in [0.4, 0.5) is 0 Å². The average Bonchev–Trinajstić information content (AvgIpc) is 2.26. The topological polar surface area (TPSA) is 6.48 Å². The summed E-state index contributed by atoms with van der Waals surface area (Å²) in [5.41, 5.74) is 1.43. The molecule has 1 aliphatic heterocycles. The van der Waals surface area contributed by atoms with E-state index >= 15 is 0 Å². The molecule has 2 unspecified atom stereocenters. The van der Waals surface area contributed by atoms with Crippen molar-refractivity contribution in [1.82, 2.24) is 9.80 Å². The minimum absolute atomic E-state index is 0. The third-order valence-electron chi connectivity index (χ3n) is 3.57.